The molecule has 0 aromatic carbocycles. The molecule has 1 aromatic heterocycles. The first-order valence-corrected chi connectivity index (χ1v) is 6.06. The van der Waals surface area contributed by atoms with E-state index in [1.165, 1.54) is 0 Å². The molecule has 3 heteroatoms. The molecule has 0 N–H and O–H groups in total. The third kappa shape index (κ3) is 2.06. The van der Waals surface area contributed by atoms with Gasteiger partial charge in [-0.15, -0.1) is 10.2 Å². The lowest BCUT2D eigenvalue weighted by atomic mass is 9.94. The van der Waals surface area contributed by atoms with Crippen LogP contribution in [0.25, 0.3) is 0 Å². The topological polar surface area (TPSA) is 30.7 Å². The van der Waals surface area contributed by atoms with Gasteiger partial charge in [0, 0.05) is 18.4 Å². The van der Waals surface area contributed by atoms with Gasteiger partial charge in [-0.25, -0.2) is 0 Å². The van der Waals surface area contributed by atoms with E-state index in [0.29, 0.717) is 0 Å². The minimum Gasteiger partial charge on any atom is -0.309 e. The van der Waals surface area contributed by atoms with E-state index in [1.54, 1.807) is 0 Å². The summed E-state index contributed by atoms with van der Waals surface area (Å²) in [5.74, 6) is 2.25. The van der Waals surface area contributed by atoms with E-state index in [1.807, 2.05) is 0 Å². The molecule has 0 spiro atoms. The third-order valence-electron chi connectivity index (χ3n) is 3.49. The van der Waals surface area contributed by atoms with E-state index in [9.17, 15) is 0 Å². The maximum absolute atomic E-state index is 4.28. The number of hydrogen-bond donors (Lipinski definition) is 0. The molecule has 0 radical (unpaired) electrons. The third-order valence-corrected chi connectivity index (χ3v) is 3.49. The van der Waals surface area contributed by atoms with Gasteiger partial charge >= 0.3 is 0 Å². The Labute approximate surface area is 92.9 Å². The quantitative estimate of drug-likeness (QED) is 0.746. The fourth-order valence-electron chi connectivity index (χ4n) is 2.00. The average molecular weight is 209 g/mol. The molecule has 0 saturated heterocycles. The summed E-state index contributed by atoms with van der Waals surface area (Å²) in [6.07, 6.45) is 4.17. The van der Waals surface area contributed by atoms with Crippen molar-refractivity contribution in [3.05, 3.63) is 11.6 Å². The smallest absolute Gasteiger partial charge is 0.133 e. The molecule has 0 amide bonds. The van der Waals surface area contributed by atoms with Gasteiger partial charge in [0.2, 0.25) is 0 Å². The van der Waals surface area contributed by atoms with Crippen LogP contribution in [0, 0.1) is 0 Å². The second kappa shape index (κ2) is 4.77. The zero-order chi connectivity index (χ0) is 11.5. The van der Waals surface area contributed by atoms with Crippen LogP contribution in [-0.4, -0.2) is 14.8 Å². The zero-order valence-corrected chi connectivity index (χ0v) is 10.7. The minimum atomic E-state index is 0.181. The SMILES string of the molecule is CCc1nnc(CC)n1C(C)(CC)CC. The Hall–Kier alpha value is -0.860. The maximum atomic E-state index is 4.28. The number of hydrogen-bond acceptors (Lipinski definition) is 2. The van der Waals surface area contributed by atoms with E-state index in [0.717, 1.165) is 37.3 Å². The molecule has 0 bridgehead atoms. The first kappa shape index (κ1) is 12.2. The van der Waals surface area contributed by atoms with Crippen LogP contribution >= 0.6 is 0 Å². The Morgan fingerprint density at radius 3 is 1.60 bits per heavy atom. The molecule has 86 valence electrons. The highest BCUT2D eigenvalue weighted by molar-refractivity contribution is 5.02. The van der Waals surface area contributed by atoms with Gasteiger partial charge in [-0.1, -0.05) is 27.7 Å². The van der Waals surface area contributed by atoms with Crippen LogP contribution in [-0.2, 0) is 18.4 Å². The van der Waals surface area contributed by atoms with Crippen molar-refractivity contribution >= 4 is 0 Å². The number of aromatic nitrogens is 3. The van der Waals surface area contributed by atoms with Crippen molar-refractivity contribution in [2.75, 3.05) is 0 Å². The van der Waals surface area contributed by atoms with Crippen LogP contribution in [0.15, 0.2) is 0 Å². The summed E-state index contributed by atoms with van der Waals surface area (Å²) in [5.41, 5.74) is 0.181. The molecule has 15 heavy (non-hydrogen) atoms. The van der Waals surface area contributed by atoms with E-state index >= 15 is 0 Å². The first-order chi connectivity index (χ1) is 7.12. The fourth-order valence-corrected chi connectivity index (χ4v) is 2.00. The Morgan fingerprint density at radius 2 is 1.33 bits per heavy atom. The van der Waals surface area contributed by atoms with E-state index < -0.39 is 0 Å². The predicted octanol–water partition coefficient (Wildman–Crippen LogP) is 2.94. The Kier molecular flexibility index (Phi) is 3.89. The van der Waals surface area contributed by atoms with Gasteiger partial charge in [-0.3, -0.25) is 0 Å². The Balaban J connectivity index is 3.24. The summed E-state index contributed by atoms with van der Waals surface area (Å²) in [4.78, 5) is 0. The van der Waals surface area contributed by atoms with Crippen molar-refractivity contribution in [1.82, 2.24) is 14.8 Å². The summed E-state index contributed by atoms with van der Waals surface area (Å²) in [6, 6.07) is 0. The lowest BCUT2D eigenvalue weighted by Crippen LogP contribution is -2.31. The van der Waals surface area contributed by atoms with Gasteiger partial charge in [-0.05, 0) is 19.8 Å². The maximum Gasteiger partial charge on any atom is 0.133 e. The van der Waals surface area contributed by atoms with Gasteiger partial charge in [0.1, 0.15) is 11.6 Å². The van der Waals surface area contributed by atoms with Gasteiger partial charge < -0.3 is 4.57 Å². The highest BCUT2D eigenvalue weighted by Crippen LogP contribution is 2.27. The highest BCUT2D eigenvalue weighted by atomic mass is 15.3. The van der Waals surface area contributed by atoms with E-state index in [4.69, 9.17) is 0 Å². The molecule has 0 fully saturated rings. The minimum absolute atomic E-state index is 0.181. The summed E-state index contributed by atoms with van der Waals surface area (Å²) < 4.78 is 2.35. The van der Waals surface area contributed by atoms with Crippen molar-refractivity contribution in [2.24, 2.45) is 0 Å². The van der Waals surface area contributed by atoms with Crippen molar-refractivity contribution in [1.29, 1.82) is 0 Å². The van der Waals surface area contributed by atoms with E-state index in [-0.39, 0.29) is 5.54 Å². The van der Waals surface area contributed by atoms with Crippen LogP contribution < -0.4 is 0 Å². The predicted molar refractivity (Wildman–Crippen MR) is 63.0 cm³/mol. The average Bonchev–Trinajstić information content (AvgIpc) is 2.71. The van der Waals surface area contributed by atoms with Crippen LogP contribution in [0.4, 0.5) is 0 Å². The Bertz CT molecular complexity index is 289. The number of rotatable bonds is 5. The molecule has 0 saturated carbocycles. The Morgan fingerprint density at radius 1 is 0.933 bits per heavy atom. The summed E-state index contributed by atoms with van der Waals surface area (Å²) in [6.45, 7) is 11.1. The molecule has 0 unspecified atom stereocenters. The second-order valence-electron chi connectivity index (χ2n) is 4.28. The molecule has 0 aliphatic rings. The zero-order valence-electron chi connectivity index (χ0n) is 10.7. The molecular formula is C12H23N3. The molecule has 3 nitrogen and oxygen atoms in total. The second-order valence-corrected chi connectivity index (χ2v) is 4.28. The monoisotopic (exact) mass is 209 g/mol. The van der Waals surface area contributed by atoms with Crippen LogP contribution in [0.5, 0.6) is 0 Å². The van der Waals surface area contributed by atoms with Gasteiger partial charge in [0.15, 0.2) is 0 Å². The van der Waals surface area contributed by atoms with Gasteiger partial charge in [-0.2, -0.15) is 0 Å². The first-order valence-electron chi connectivity index (χ1n) is 6.06. The van der Waals surface area contributed by atoms with Crippen LogP contribution in [0.3, 0.4) is 0 Å². The van der Waals surface area contributed by atoms with Crippen molar-refractivity contribution in [2.45, 2.75) is 65.8 Å². The summed E-state index contributed by atoms with van der Waals surface area (Å²) in [5, 5.41) is 8.56. The summed E-state index contributed by atoms with van der Waals surface area (Å²) >= 11 is 0. The largest absolute Gasteiger partial charge is 0.309 e. The lowest BCUT2D eigenvalue weighted by molar-refractivity contribution is 0.277. The van der Waals surface area contributed by atoms with Gasteiger partial charge in [0.05, 0.1) is 0 Å². The standard InChI is InChI=1S/C12H23N3/c1-6-10-13-14-11(7-2)15(10)12(5,8-3)9-4/h6-9H2,1-5H3. The molecule has 0 aliphatic heterocycles. The van der Waals surface area contributed by atoms with E-state index in [2.05, 4.69) is 49.4 Å². The van der Waals surface area contributed by atoms with Gasteiger partial charge in [0.25, 0.3) is 0 Å². The highest BCUT2D eigenvalue weighted by Gasteiger charge is 2.27. The van der Waals surface area contributed by atoms with Crippen LogP contribution in [0.1, 0.15) is 59.1 Å². The van der Waals surface area contributed by atoms with Crippen molar-refractivity contribution < 1.29 is 0 Å². The molecule has 1 heterocycles. The molecule has 0 aliphatic carbocycles. The van der Waals surface area contributed by atoms with Crippen molar-refractivity contribution in [3.8, 4) is 0 Å². The number of nitrogens with zero attached hydrogens (tertiary/aromatic N) is 3. The molecule has 1 rings (SSSR count). The summed E-state index contributed by atoms with van der Waals surface area (Å²) in [7, 11) is 0. The van der Waals surface area contributed by atoms with Crippen LogP contribution in [0.2, 0.25) is 0 Å². The lowest BCUT2D eigenvalue weighted by Gasteiger charge is -2.31. The van der Waals surface area contributed by atoms with Crippen molar-refractivity contribution in [3.63, 3.8) is 0 Å². The molecule has 0 atom stereocenters. The normalized spacial score (nSPS) is 12.1. The molecule has 1 aromatic rings. The molecular weight excluding hydrogens is 186 g/mol. The fraction of sp³-hybridized carbons (Fsp3) is 0.833. The number of aryl methyl sites for hydroxylation is 2.